The largest absolute Gasteiger partial charge is 0.487 e. The highest BCUT2D eigenvalue weighted by atomic mass is 19.2. The molecule has 0 radical (unpaired) electrons. The number of hydrogen-bond donors (Lipinski definition) is 1. The Labute approximate surface area is 91.0 Å². The van der Waals surface area contributed by atoms with Gasteiger partial charge < -0.3 is 15.2 Å². The van der Waals surface area contributed by atoms with Gasteiger partial charge in [-0.1, -0.05) is 0 Å². The van der Waals surface area contributed by atoms with Crippen LogP contribution in [-0.4, -0.2) is 19.2 Å². The summed E-state index contributed by atoms with van der Waals surface area (Å²) in [5.74, 6) is -3.03. The maximum atomic E-state index is 13.2. The second kappa shape index (κ2) is 5.29. The second-order valence-corrected chi connectivity index (χ2v) is 2.97. The molecule has 0 saturated heterocycles. The predicted molar refractivity (Wildman–Crippen MR) is 52.9 cm³/mol. The maximum absolute atomic E-state index is 13.2. The van der Waals surface area contributed by atoms with Crippen molar-refractivity contribution >= 4 is 11.7 Å². The lowest BCUT2D eigenvalue weighted by Crippen LogP contribution is -2.10. The Morgan fingerprint density at radius 1 is 1.31 bits per heavy atom. The third kappa shape index (κ3) is 3.08. The molecule has 0 aromatic heterocycles. The highest BCUT2D eigenvalue weighted by molar-refractivity contribution is 5.65. The molecule has 0 fully saturated rings. The van der Waals surface area contributed by atoms with Gasteiger partial charge in [-0.3, -0.25) is 4.79 Å². The molecule has 1 aromatic carbocycles. The quantitative estimate of drug-likeness (QED) is 0.484. The summed E-state index contributed by atoms with van der Waals surface area (Å²) in [5.41, 5.74) is 4.86. The Kier molecular flexibility index (Phi) is 4.04. The van der Waals surface area contributed by atoms with Gasteiger partial charge in [0.25, 0.3) is 0 Å². The molecule has 6 heteroatoms. The van der Waals surface area contributed by atoms with Crippen molar-refractivity contribution in [3.8, 4) is 5.75 Å². The Morgan fingerprint density at radius 3 is 2.62 bits per heavy atom. The molecule has 0 bridgehead atoms. The summed E-state index contributed by atoms with van der Waals surface area (Å²) in [6.45, 7) is 1.16. The van der Waals surface area contributed by atoms with Crippen LogP contribution in [0.5, 0.6) is 5.75 Å². The zero-order valence-electron chi connectivity index (χ0n) is 8.63. The van der Waals surface area contributed by atoms with E-state index in [4.69, 9.17) is 10.5 Å². The number of ether oxygens (including phenoxy) is 2. The monoisotopic (exact) mass is 231 g/mol. The van der Waals surface area contributed by atoms with Gasteiger partial charge in [-0.25, -0.2) is 4.39 Å². The van der Waals surface area contributed by atoms with Gasteiger partial charge in [0.05, 0.1) is 5.69 Å². The third-order valence-corrected chi connectivity index (χ3v) is 1.72. The van der Waals surface area contributed by atoms with Crippen molar-refractivity contribution in [2.24, 2.45) is 0 Å². The summed E-state index contributed by atoms with van der Waals surface area (Å²) >= 11 is 0. The van der Waals surface area contributed by atoms with Gasteiger partial charge in [0.1, 0.15) is 13.2 Å². The van der Waals surface area contributed by atoms with Crippen LogP contribution in [0, 0.1) is 11.6 Å². The number of nitrogen functional groups attached to an aromatic ring is 1. The molecule has 0 aliphatic rings. The third-order valence-electron chi connectivity index (χ3n) is 1.72. The number of nitrogens with two attached hydrogens (primary N) is 1. The lowest BCUT2D eigenvalue weighted by Gasteiger charge is -2.08. The molecule has 0 aliphatic heterocycles. The van der Waals surface area contributed by atoms with E-state index < -0.39 is 17.6 Å². The van der Waals surface area contributed by atoms with Gasteiger partial charge in [-0.05, 0) is 12.1 Å². The van der Waals surface area contributed by atoms with Crippen LogP contribution in [0.3, 0.4) is 0 Å². The van der Waals surface area contributed by atoms with Crippen LogP contribution in [-0.2, 0) is 9.53 Å². The van der Waals surface area contributed by atoms with Crippen molar-refractivity contribution in [3.63, 3.8) is 0 Å². The summed E-state index contributed by atoms with van der Waals surface area (Å²) in [5, 5.41) is 0. The van der Waals surface area contributed by atoms with Gasteiger partial charge in [0.15, 0.2) is 11.6 Å². The summed E-state index contributed by atoms with van der Waals surface area (Å²) < 4.78 is 35.6. The van der Waals surface area contributed by atoms with E-state index in [1.807, 2.05) is 0 Å². The summed E-state index contributed by atoms with van der Waals surface area (Å²) in [6, 6.07) is 2.40. The molecule has 4 nitrogen and oxygen atoms in total. The summed E-state index contributed by atoms with van der Waals surface area (Å²) in [7, 11) is 0. The molecule has 1 rings (SSSR count). The van der Waals surface area contributed by atoms with Crippen LogP contribution in [0.25, 0.3) is 0 Å². The minimum Gasteiger partial charge on any atom is -0.487 e. The first-order chi connectivity index (χ1) is 7.52. The Hall–Kier alpha value is -1.85. The van der Waals surface area contributed by atoms with Crippen LogP contribution >= 0.6 is 0 Å². The van der Waals surface area contributed by atoms with E-state index in [-0.39, 0.29) is 24.7 Å². The van der Waals surface area contributed by atoms with Crippen molar-refractivity contribution in [2.45, 2.75) is 6.92 Å². The standard InChI is InChI=1S/C10H11F2NO3/c1-6(14)15-4-5-16-8-3-2-7(13)9(11)10(8)12/h2-3H,4-5,13H2,1H3. The molecule has 0 spiro atoms. The molecule has 16 heavy (non-hydrogen) atoms. The number of esters is 1. The molecular weight excluding hydrogens is 220 g/mol. The van der Waals surface area contributed by atoms with E-state index in [2.05, 4.69) is 4.74 Å². The predicted octanol–water partition coefficient (Wildman–Crippen LogP) is 1.49. The summed E-state index contributed by atoms with van der Waals surface area (Å²) in [4.78, 5) is 10.4. The van der Waals surface area contributed by atoms with Crippen LogP contribution in [0.2, 0.25) is 0 Å². The normalized spacial score (nSPS) is 9.94. The van der Waals surface area contributed by atoms with Crippen molar-refractivity contribution in [1.29, 1.82) is 0 Å². The Balaban J connectivity index is 2.55. The van der Waals surface area contributed by atoms with Crippen LogP contribution in [0.4, 0.5) is 14.5 Å². The number of benzene rings is 1. The number of carbonyl (C=O) groups is 1. The minimum atomic E-state index is -1.15. The molecule has 88 valence electrons. The van der Waals surface area contributed by atoms with Crippen molar-refractivity contribution in [3.05, 3.63) is 23.8 Å². The number of halogens is 2. The van der Waals surface area contributed by atoms with Crippen molar-refractivity contribution in [1.82, 2.24) is 0 Å². The molecule has 1 aromatic rings. The van der Waals surface area contributed by atoms with Crippen LogP contribution in [0.15, 0.2) is 12.1 Å². The zero-order chi connectivity index (χ0) is 12.1. The van der Waals surface area contributed by atoms with E-state index in [1.165, 1.54) is 19.1 Å². The smallest absolute Gasteiger partial charge is 0.302 e. The second-order valence-electron chi connectivity index (χ2n) is 2.97. The van der Waals surface area contributed by atoms with Gasteiger partial charge in [0, 0.05) is 6.92 Å². The molecule has 0 heterocycles. The molecule has 0 saturated carbocycles. The Bertz CT molecular complexity index is 396. The molecule has 0 amide bonds. The van der Waals surface area contributed by atoms with E-state index in [0.29, 0.717) is 0 Å². The van der Waals surface area contributed by atoms with Crippen LogP contribution in [0.1, 0.15) is 6.92 Å². The SMILES string of the molecule is CC(=O)OCCOc1ccc(N)c(F)c1F. The van der Waals surface area contributed by atoms with Gasteiger partial charge in [-0.2, -0.15) is 4.39 Å². The first kappa shape index (κ1) is 12.2. The fraction of sp³-hybridized carbons (Fsp3) is 0.300. The molecular formula is C10H11F2NO3. The average Bonchev–Trinajstić information content (AvgIpc) is 2.23. The van der Waals surface area contributed by atoms with Crippen LogP contribution < -0.4 is 10.5 Å². The zero-order valence-corrected chi connectivity index (χ0v) is 8.63. The minimum absolute atomic E-state index is 0.0270. The first-order valence-electron chi connectivity index (χ1n) is 4.52. The lowest BCUT2D eigenvalue weighted by atomic mass is 10.3. The van der Waals surface area contributed by atoms with E-state index in [1.54, 1.807) is 0 Å². The van der Waals surface area contributed by atoms with E-state index in [9.17, 15) is 13.6 Å². The lowest BCUT2D eigenvalue weighted by molar-refractivity contribution is -0.141. The molecule has 2 N–H and O–H groups in total. The fourth-order valence-corrected chi connectivity index (χ4v) is 0.995. The topological polar surface area (TPSA) is 61.5 Å². The number of carbonyl (C=O) groups excluding carboxylic acids is 1. The first-order valence-corrected chi connectivity index (χ1v) is 4.52. The highest BCUT2D eigenvalue weighted by Gasteiger charge is 2.12. The number of anilines is 1. The average molecular weight is 231 g/mol. The Morgan fingerprint density at radius 2 is 2.00 bits per heavy atom. The fourth-order valence-electron chi connectivity index (χ4n) is 0.995. The molecule has 0 atom stereocenters. The van der Waals surface area contributed by atoms with Gasteiger partial charge in [0.2, 0.25) is 5.82 Å². The number of rotatable bonds is 4. The molecule has 0 unspecified atom stereocenters. The maximum Gasteiger partial charge on any atom is 0.302 e. The van der Waals surface area contributed by atoms with Crippen molar-refractivity contribution in [2.75, 3.05) is 18.9 Å². The highest BCUT2D eigenvalue weighted by Crippen LogP contribution is 2.23. The van der Waals surface area contributed by atoms with E-state index in [0.717, 1.165) is 0 Å². The van der Waals surface area contributed by atoms with E-state index >= 15 is 0 Å². The summed E-state index contributed by atoms with van der Waals surface area (Å²) in [6.07, 6.45) is 0. The molecule has 0 aliphatic carbocycles. The van der Waals surface area contributed by atoms with Gasteiger partial charge in [-0.15, -0.1) is 0 Å². The van der Waals surface area contributed by atoms with Gasteiger partial charge >= 0.3 is 5.97 Å². The van der Waals surface area contributed by atoms with Crippen molar-refractivity contribution < 1.29 is 23.0 Å². The number of hydrogen-bond acceptors (Lipinski definition) is 4.